The molecule has 0 fully saturated rings. The molecule has 9 nitrogen and oxygen atoms in total. The number of nitrogens with two attached hydrogens (primary N) is 1. The molecule has 4 rings (SSSR count). The lowest BCUT2D eigenvalue weighted by molar-refractivity contribution is -0.140. The summed E-state index contributed by atoms with van der Waals surface area (Å²) in [7, 11) is 1.59. The summed E-state index contributed by atoms with van der Waals surface area (Å²) in [6.45, 7) is 2.78. The van der Waals surface area contributed by atoms with Gasteiger partial charge >= 0.3 is 5.97 Å². The van der Waals surface area contributed by atoms with E-state index in [0.29, 0.717) is 41.6 Å². The number of ether oxygens (including phenoxy) is 2. The Morgan fingerprint density at radius 3 is 2.64 bits per heavy atom. The van der Waals surface area contributed by atoms with Crippen LogP contribution in [0.15, 0.2) is 66.9 Å². The first kappa shape index (κ1) is 24.7. The van der Waals surface area contributed by atoms with Crippen molar-refractivity contribution in [2.24, 2.45) is 5.73 Å². The van der Waals surface area contributed by atoms with E-state index in [4.69, 9.17) is 20.2 Å². The number of pyridine rings is 1. The topological polar surface area (TPSA) is 120 Å². The van der Waals surface area contributed by atoms with E-state index in [1.54, 1.807) is 36.8 Å². The van der Waals surface area contributed by atoms with Gasteiger partial charge in [0.25, 0.3) is 5.91 Å². The molecule has 0 atom stereocenters. The predicted octanol–water partition coefficient (Wildman–Crippen LogP) is 3.37. The number of rotatable bonds is 10. The van der Waals surface area contributed by atoms with Gasteiger partial charge in [0, 0.05) is 24.8 Å². The number of imidazole rings is 1. The van der Waals surface area contributed by atoms with Crippen LogP contribution in [0.5, 0.6) is 5.75 Å². The van der Waals surface area contributed by atoms with Crippen LogP contribution in [-0.2, 0) is 22.6 Å². The van der Waals surface area contributed by atoms with Crippen LogP contribution in [0.1, 0.15) is 28.4 Å². The highest BCUT2D eigenvalue weighted by molar-refractivity contribution is 6.01. The fourth-order valence-corrected chi connectivity index (χ4v) is 3.90. The smallest absolute Gasteiger partial charge is 0.325 e. The van der Waals surface area contributed by atoms with Crippen LogP contribution < -0.4 is 21.1 Å². The minimum atomic E-state index is -0.391. The Morgan fingerprint density at radius 1 is 1.06 bits per heavy atom. The highest BCUT2D eigenvalue weighted by atomic mass is 16.5. The van der Waals surface area contributed by atoms with Crippen molar-refractivity contribution < 1.29 is 19.1 Å². The summed E-state index contributed by atoms with van der Waals surface area (Å²) >= 11 is 0. The zero-order valence-corrected chi connectivity index (χ0v) is 20.3. The first-order valence-corrected chi connectivity index (χ1v) is 11.6. The molecule has 36 heavy (non-hydrogen) atoms. The van der Waals surface area contributed by atoms with E-state index >= 15 is 0 Å². The zero-order valence-electron chi connectivity index (χ0n) is 20.3. The molecule has 0 aliphatic carbocycles. The normalized spacial score (nSPS) is 10.8. The molecular weight excluding hydrogens is 458 g/mol. The molecule has 0 aliphatic rings. The molecule has 9 heteroatoms. The average molecular weight is 488 g/mol. The average Bonchev–Trinajstić information content (AvgIpc) is 3.29. The van der Waals surface area contributed by atoms with Crippen LogP contribution in [-0.4, -0.2) is 41.5 Å². The number of aromatic nitrogens is 2. The molecule has 0 saturated carbocycles. The SMILES string of the molecule is CCOC(=O)CNc1c(-c2cccc(OC)c2)nc2c(C(=O)NCc3cccc(CN)c3)cccn12. The van der Waals surface area contributed by atoms with Crippen LogP contribution in [0.2, 0.25) is 0 Å². The lowest BCUT2D eigenvalue weighted by atomic mass is 10.1. The van der Waals surface area contributed by atoms with Crippen LogP contribution in [0.4, 0.5) is 5.82 Å². The Balaban J connectivity index is 1.70. The number of anilines is 1. The summed E-state index contributed by atoms with van der Waals surface area (Å²) in [4.78, 5) is 30.0. The van der Waals surface area contributed by atoms with Gasteiger partial charge in [-0.25, -0.2) is 4.98 Å². The highest BCUT2D eigenvalue weighted by Gasteiger charge is 2.20. The molecule has 0 spiro atoms. The number of benzene rings is 2. The second-order valence-corrected chi connectivity index (χ2v) is 8.02. The lowest BCUT2D eigenvalue weighted by Gasteiger charge is -2.10. The maximum atomic E-state index is 13.2. The Bertz CT molecular complexity index is 1380. The molecule has 4 aromatic rings. The van der Waals surface area contributed by atoms with Gasteiger partial charge in [0.1, 0.15) is 23.8 Å². The Hall–Kier alpha value is -4.37. The number of fused-ring (bicyclic) bond motifs is 1. The zero-order chi connectivity index (χ0) is 25.5. The van der Waals surface area contributed by atoms with Crippen LogP contribution >= 0.6 is 0 Å². The van der Waals surface area contributed by atoms with Crippen molar-refractivity contribution in [1.82, 2.24) is 14.7 Å². The van der Waals surface area contributed by atoms with Gasteiger partial charge in [-0.05, 0) is 42.3 Å². The molecule has 186 valence electrons. The maximum Gasteiger partial charge on any atom is 0.325 e. The molecule has 0 radical (unpaired) electrons. The fourth-order valence-electron chi connectivity index (χ4n) is 3.90. The van der Waals surface area contributed by atoms with E-state index in [1.807, 2.05) is 48.5 Å². The summed E-state index contributed by atoms with van der Waals surface area (Å²) in [6.07, 6.45) is 1.79. The number of hydrogen-bond acceptors (Lipinski definition) is 7. The number of methoxy groups -OCH3 is 1. The number of nitrogens with zero attached hydrogens (tertiary/aromatic N) is 2. The van der Waals surface area contributed by atoms with Gasteiger partial charge in [-0.3, -0.25) is 14.0 Å². The molecular formula is C27H29N5O4. The van der Waals surface area contributed by atoms with Gasteiger partial charge in [-0.2, -0.15) is 0 Å². The number of carbonyl (C=O) groups excluding carboxylic acids is 2. The van der Waals surface area contributed by atoms with Crippen molar-refractivity contribution in [3.05, 3.63) is 83.6 Å². The number of hydrogen-bond donors (Lipinski definition) is 3. The van der Waals surface area contributed by atoms with Gasteiger partial charge < -0.3 is 25.8 Å². The minimum Gasteiger partial charge on any atom is -0.497 e. The van der Waals surface area contributed by atoms with E-state index in [1.165, 1.54) is 0 Å². The number of esters is 1. The molecule has 0 saturated heterocycles. The molecule has 4 N–H and O–H groups in total. The van der Waals surface area contributed by atoms with E-state index in [0.717, 1.165) is 16.7 Å². The Morgan fingerprint density at radius 2 is 1.86 bits per heavy atom. The maximum absolute atomic E-state index is 13.2. The first-order valence-electron chi connectivity index (χ1n) is 11.6. The molecule has 1 amide bonds. The monoisotopic (exact) mass is 487 g/mol. The van der Waals surface area contributed by atoms with E-state index in [-0.39, 0.29) is 19.1 Å². The van der Waals surface area contributed by atoms with Crippen LogP contribution in [0.25, 0.3) is 16.9 Å². The third-order valence-corrected chi connectivity index (χ3v) is 5.62. The third kappa shape index (κ3) is 5.47. The summed E-state index contributed by atoms with van der Waals surface area (Å²) in [5, 5.41) is 6.10. The second-order valence-electron chi connectivity index (χ2n) is 8.02. The van der Waals surface area contributed by atoms with Gasteiger partial charge in [0.05, 0.1) is 19.3 Å². The van der Waals surface area contributed by atoms with Gasteiger partial charge in [0.2, 0.25) is 0 Å². The number of carbonyl (C=O) groups is 2. The molecule has 0 bridgehead atoms. The third-order valence-electron chi connectivity index (χ3n) is 5.62. The van der Waals surface area contributed by atoms with Crippen molar-refractivity contribution in [2.45, 2.75) is 20.0 Å². The second kappa shape index (κ2) is 11.4. The van der Waals surface area contributed by atoms with Crippen LogP contribution in [0.3, 0.4) is 0 Å². The molecule has 0 aliphatic heterocycles. The number of amides is 1. The highest BCUT2D eigenvalue weighted by Crippen LogP contribution is 2.32. The van der Waals surface area contributed by atoms with E-state index < -0.39 is 5.97 Å². The van der Waals surface area contributed by atoms with E-state index in [2.05, 4.69) is 10.6 Å². The Kier molecular flexibility index (Phi) is 7.82. The molecule has 2 aromatic carbocycles. The Labute approximate surface area is 209 Å². The van der Waals surface area contributed by atoms with Gasteiger partial charge in [-0.1, -0.05) is 36.4 Å². The van der Waals surface area contributed by atoms with Gasteiger partial charge in [-0.15, -0.1) is 0 Å². The fraction of sp³-hybridized carbons (Fsp3) is 0.222. The summed E-state index contributed by atoms with van der Waals surface area (Å²) in [5.74, 6) is 0.575. The summed E-state index contributed by atoms with van der Waals surface area (Å²) in [5.41, 5.74) is 9.89. The van der Waals surface area contributed by atoms with Gasteiger partial charge in [0.15, 0.2) is 5.65 Å². The largest absolute Gasteiger partial charge is 0.497 e. The van der Waals surface area contributed by atoms with Crippen molar-refractivity contribution in [3.8, 4) is 17.0 Å². The lowest BCUT2D eigenvalue weighted by Crippen LogP contribution is -2.23. The van der Waals surface area contributed by atoms with Crippen molar-refractivity contribution in [1.29, 1.82) is 0 Å². The summed E-state index contributed by atoms with van der Waals surface area (Å²) in [6, 6.07) is 18.7. The van der Waals surface area contributed by atoms with Crippen LogP contribution in [0, 0.1) is 0 Å². The predicted molar refractivity (Wildman–Crippen MR) is 138 cm³/mol. The number of nitrogens with one attached hydrogen (secondary N) is 2. The molecule has 0 unspecified atom stereocenters. The molecule has 2 aromatic heterocycles. The molecule has 2 heterocycles. The van der Waals surface area contributed by atoms with Crippen molar-refractivity contribution >= 4 is 23.3 Å². The summed E-state index contributed by atoms with van der Waals surface area (Å²) < 4.78 is 12.2. The quantitative estimate of drug-likeness (QED) is 0.293. The first-order chi connectivity index (χ1) is 17.5. The van der Waals surface area contributed by atoms with Crippen molar-refractivity contribution in [2.75, 3.05) is 25.6 Å². The standard InChI is InChI=1S/C27H29N5O4/c1-3-36-23(33)17-29-26-24(20-9-5-10-21(14-20)35-2)31-25-22(11-6-12-32(25)26)27(34)30-16-19-8-4-7-18(13-19)15-28/h4-14,29H,3,15-17,28H2,1-2H3,(H,30,34). The van der Waals surface area contributed by atoms with E-state index in [9.17, 15) is 9.59 Å². The minimum absolute atomic E-state index is 0.0491. The van der Waals surface area contributed by atoms with Crippen molar-refractivity contribution in [3.63, 3.8) is 0 Å².